The number of rotatable bonds is 6. The van der Waals surface area contributed by atoms with Gasteiger partial charge in [-0.1, -0.05) is 18.3 Å². The van der Waals surface area contributed by atoms with Crippen LogP contribution in [0.2, 0.25) is 0 Å². The lowest BCUT2D eigenvalue weighted by molar-refractivity contribution is 0.563. The molecule has 1 aromatic rings. The van der Waals surface area contributed by atoms with Crippen LogP contribution in [0.25, 0.3) is 0 Å². The molecule has 0 saturated heterocycles. The molecule has 0 aliphatic rings. The molecule has 0 saturated carbocycles. The van der Waals surface area contributed by atoms with Gasteiger partial charge in [-0.2, -0.15) is 0 Å². The Kier molecular flexibility index (Phi) is 5.03. The summed E-state index contributed by atoms with van der Waals surface area (Å²) < 4.78 is 22.8. The number of nitrogens with zero attached hydrogens (tertiary/aromatic N) is 2. The molecule has 1 aromatic heterocycles. The molecule has 5 nitrogen and oxygen atoms in total. The minimum absolute atomic E-state index is 0.118. The minimum atomic E-state index is -3.10. The van der Waals surface area contributed by atoms with E-state index < -0.39 is 15.1 Å². The van der Waals surface area contributed by atoms with Crippen molar-refractivity contribution in [3.05, 3.63) is 10.0 Å². The molecule has 7 heteroatoms. The van der Waals surface area contributed by atoms with Crippen LogP contribution in [0, 0.1) is 0 Å². The minimum Gasteiger partial charge on any atom is -0.308 e. The fraction of sp³-hybridized carbons (Fsp3) is 0.800. The van der Waals surface area contributed by atoms with Gasteiger partial charge in [0.25, 0.3) is 0 Å². The van der Waals surface area contributed by atoms with E-state index >= 15 is 0 Å². The van der Waals surface area contributed by atoms with Crippen LogP contribution in [-0.4, -0.2) is 31.4 Å². The fourth-order valence-electron chi connectivity index (χ4n) is 1.22. The smallest absolute Gasteiger partial charge is 0.156 e. The van der Waals surface area contributed by atoms with E-state index in [1.807, 2.05) is 6.92 Å². The van der Waals surface area contributed by atoms with E-state index in [1.165, 1.54) is 17.6 Å². The van der Waals surface area contributed by atoms with E-state index in [0.29, 0.717) is 5.01 Å². The highest BCUT2D eigenvalue weighted by Crippen LogP contribution is 2.26. The maximum atomic E-state index is 11.4. The van der Waals surface area contributed by atoms with Crippen molar-refractivity contribution in [2.45, 2.75) is 38.5 Å². The zero-order valence-electron chi connectivity index (χ0n) is 10.6. The summed E-state index contributed by atoms with van der Waals surface area (Å²) in [6, 6.07) is 0.118. The molecule has 0 aliphatic heterocycles. The van der Waals surface area contributed by atoms with Crippen molar-refractivity contribution in [3.8, 4) is 0 Å². The van der Waals surface area contributed by atoms with E-state index in [-0.39, 0.29) is 6.04 Å². The van der Waals surface area contributed by atoms with Gasteiger partial charge < -0.3 is 5.32 Å². The maximum Gasteiger partial charge on any atom is 0.156 e. The Morgan fingerprint density at radius 2 is 1.88 bits per heavy atom. The second kappa shape index (κ2) is 5.88. The van der Waals surface area contributed by atoms with Crippen molar-refractivity contribution in [2.24, 2.45) is 0 Å². The fourth-order valence-corrected chi connectivity index (χ4v) is 3.10. The van der Waals surface area contributed by atoms with Gasteiger partial charge in [0.05, 0.1) is 6.04 Å². The Morgan fingerprint density at radius 1 is 1.29 bits per heavy atom. The van der Waals surface area contributed by atoms with Crippen molar-refractivity contribution in [2.75, 3.05) is 12.8 Å². The van der Waals surface area contributed by atoms with Gasteiger partial charge in [0, 0.05) is 6.26 Å². The van der Waals surface area contributed by atoms with Crippen LogP contribution in [0.5, 0.6) is 0 Å². The third-order valence-electron chi connectivity index (χ3n) is 2.52. The number of nitrogens with one attached hydrogen (secondary N) is 1. The molecule has 1 heterocycles. The molecule has 98 valence electrons. The first-order valence-electron chi connectivity index (χ1n) is 5.61. The molecule has 0 aromatic carbocycles. The van der Waals surface area contributed by atoms with Crippen LogP contribution < -0.4 is 5.32 Å². The van der Waals surface area contributed by atoms with Crippen molar-refractivity contribution in [3.63, 3.8) is 0 Å². The van der Waals surface area contributed by atoms with E-state index in [4.69, 9.17) is 0 Å². The van der Waals surface area contributed by atoms with Gasteiger partial charge in [0.2, 0.25) is 0 Å². The van der Waals surface area contributed by atoms with E-state index in [1.54, 1.807) is 6.92 Å². The predicted molar refractivity (Wildman–Crippen MR) is 69.9 cm³/mol. The lowest BCUT2D eigenvalue weighted by Gasteiger charge is -2.08. The molecule has 2 unspecified atom stereocenters. The van der Waals surface area contributed by atoms with Gasteiger partial charge >= 0.3 is 0 Å². The first-order chi connectivity index (χ1) is 7.86. The Labute approximate surface area is 107 Å². The van der Waals surface area contributed by atoms with Crippen LogP contribution in [-0.2, 0) is 9.84 Å². The first-order valence-corrected chi connectivity index (χ1v) is 8.39. The van der Waals surface area contributed by atoms with E-state index in [9.17, 15) is 8.42 Å². The summed E-state index contributed by atoms with van der Waals surface area (Å²) in [6.07, 6.45) is 2.27. The van der Waals surface area contributed by atoms with E-state index in [0.717, 1.165) is 18.0 Å². The highest BCUT2D eigenvalue weighted by molar-refractivity contribution is 7.91. The summed E-state index contributed by atoms with van der Waals surface area (Å²) in [7, 11) is -3.10. The quantitative estimate of drug-likeness (QED) is 0.857. The van der Waals surface area contributed by atoms with Crippen molar-refractivity contribution in [1.29, 1.82) is 0 Å². The average Bonchev–Trinajstić information content (AvgIpc) is 2.72. The molecule has 0 amide bonds. The second-order valence-corrected chi connectivity index (χ2v) is 7.53. The van der Waals surface area contributed by atoms with Crippen molar-refractivity contribution >= 4 is 21.2 Å². The molecule has 0 radical (unpaired) electrons. The topological polar surface area (TPSA) is 72.0 Å². The van der Waals surface area contributed by atoms with Crippen LogP contribution in [0.15, 0.2) is 0 Å². The summed E-state index contributed by atoms with van der Waals surface area (Å²) in [6.45, 7) is 6.66. The Balaban J connectivity index is 2.78. The summed E-state index contributed by atoms with van der Waals surface area (Å²) in [5, 5.41) is 12.1. The number of aromatic nitrogens is 2. The van der Waals surface area contributed by atoms with Gasteiger partial charge in [-0.3, -0.25) is 0 Å². The highest BCUT2D eigenvalue weighted by atomic mass is 32.2. The van der Waals surface area contributed by atoms with Gasteiger partial charge in [-0.05, 0) is 26.8 Å². The molecular weight excluding hydrogens is 258 g/mol. The van der Waals surface area contributed by atoms with E-state index in [2.05, 4.69) is 22.4 Å². The Morgan fingerprint density at radius 3 is 2.41 bits per heavy atom. The molecular formula is C10H19N3O2S2. The van der Waals surface area contributed by atoms with Gasteiger partial charge in [-0.15, -0.1) is 10.2 Å². The van der Waals surface area contributed by atoms with Crippen LogP contribution in [0.3, 0.4) is 0 Å². The van der Waals surface area contributed by atoms with Crippen molar-refractivity contribution in [1.82, 2.24) is 15.5 Å². The maximum absolute atomic E-state index is 11.4. The second-order valence-electron chi connectivity index (χ2n) is 4.13. The van der Waals surface area contributed by atoms with Crippen LogP contribution in [0.4, 0.5) is 0 Å². The number of sulfone groups is 1. The summed E-state index contributed by atoms with van der Waals surface area (Å²) in [4.78, 5) is 0. The molecule has 17 heavy (non-hydrogen) atoms. The summed E-state index contributed by atoms with van der Waals surface area (Å²) >= 11 is 1.36. The Hall–Kier alpha value is -0.530. The zero-order chi connectivity index (χ0) is 13.1. The summed E-state index contributed by atoms with van der Waals surface area (Å²) in [5.74, 6) is 0. The van der Waals surface area contributed by atoms with Crippen molar-refractivity contribution < 1.29 is 8.42 Å². The normalized spacial score (nSPS) is 15.8. The number of hydrogen-bond donors (Lipinski definition) is 1. The largest absolute Gasteiger partial charge is 0.308 e. The molecule has 1 N–H and O–H groups in total. The molecule has 0 spiro atoms. The molecule has 2 atom stereocenters. The third kappa shape index (κ3) is 4.01. The first kappa shape index (κ1) is 14.5. The zero-order valence-corrected chi connectivity index (χ0v) is 12.2. The highest BCUT2D eigenvalue weighted by Gasteiger charge is 2.22. The number of hydrogen-bond acceptors (Lipinski definition) is 6. The monoisotopic (exact) mass is 277 g/mol. The lowest BCUT2D eigenvalue weighted by Crippen LogP contribution is -2.19. The molecule has 0 bridgehead atoms. The SMILES string of the molecule is CCCNC(C)c1nnc(C(C)S(C)(=O)=O)s1. The molecule has 0 aliphatic carbocycles. The molecule has 1 rings (SSSR count). The van der Waals surface area contributed by atoms with Crippen LogP contribution in [0.1, 0.15) is 48.5 Å². The standard InChI is InChI=1S/C10H19N3O2S2/c1-5-6-11-7(2)9-12-13-10(16-9)8(3)17(4,14)15/h7-8,11H,5-6H2,1-4H3. The van der Waals surface area contributed by atoms with Gasteiger partial charge in [0.15, 0.2) is 9.84 Å². The van der Waals surface area contributed by atoms with Gasteiger partial charge in [-0.25, -0.2) is 8.42 Å². The predicted octanol–water partition coefficient (Wildman–Crippen LogP) is 1.70. The Bertz CT molecular complexity index is 456. The van der Waals surface area contributed by atoms with Gasteiger partial charge in [0.1, 0.15) is 15.3 Å². The molecule has 0 fully saturated rings. The van der Waals surface area contributed by atoms with Crippen LogP contribution >= 0.6 is 11.3 Å². The lowest BCUT2D eigenvalue weighted by atomic mass is 10.3. The average molecular weight is 277 g/mol. The summed E-state index contributed by atoms with van der Waals surface area (Å²) in [5.41, 5.74) is 0. The third-order valence-corrected chi connectivity index (χ3v) is 5.46.